The Morgan fingerprint density at radius 2 is 1.78 bits per heavy atom. The summed E-state index contributed by atoms with van der Waals surface area (Å²) >= 11 is 0. The van der Waals surface area contributed by atoms with Crippen molar-refractivity contribution in [3.63, 3.8) is 0 Å². The molecule has 0 fully saturated rings. The standard InChI is InChI=1S/C20H28N4O7S/c1-12(21-13(2)25)17(26)18(27)15(10-14-8-6-5-7-9-14)22-19(28)16-11-31-20(23-16)24(3)32(4,29)30/h5-9,11-12,15,17-18,26-27H,10H2,1-4H3,(H,21,25)(H,22,28)/t12-,15+,17+,18+/m0/s1. The van der Waals surface area contributed by atoms with E-state index in [4.69, 9.17) is 4.42 Å². The number of carbonyl (C=O) groups is 2. The third-order valence-electron chi connectivity index (χ3n) is 4.81. The molecule has 2 amide bonds. The van der Waals surface area contributed by atoms with Gasteiger partial charge in [-0.1, -0.05) is 30.3 Å². The minimum absolute atomic E-state index is 0.172. The average molecular weight is 469 g/mol. The molecule has 0 aliphatic heterocycles. The molecule has 1 heterocycles. The molecule has 0 unspecified atom stereocenters. The molecule has 2 rings (SSSR count). The predicted molar refractivity (Wildman–Crippen MR) is 116 cm³/mol. The lowest BCUT2D eigenvalue weighted by Gasteiger charge is -2.31. The van der Waals surface area contributed by atoms with Gasteiger partial charge in [-0.15, -0.1) is 0 Å². The molecule has 1 aromatic carbocycles. The predicted octanol–water partition coefficient (Wildman–Crippen LogP) is -0.342. The molecule has 0 radical (unpaired) electrons. The number of hydrogen-bond donors (Lipinski definition) is 4. The molecule has 0 saturated carbocycles. The highest BCUT2D eigenvalue weighted by molar-refractivity contribution is 7.92. The number of rotatable bonds is 10. The Kier molecular flexibility index (Phi) is 8.36. The van der Waals surface area contributed by atoms with Gasteiger partial charge in [-0.25, -0.2) is 12.7 Å². The first kappa shape index (κ1) is 25.3. The normalized spacial score (nSPS) is 15.3. The zero-order valence-electron chi connectivity index (χ0n) is 18.2. The Labute approximate surface area is 186 Å². The summed E-state index contributed by atoms with van der Waals surface area (Å²) in [5.74, 6) is -1.11. The summed E-state index contributed by atoms with van der Waals surface area (Å²) in [6.45, 7) is 2.82. The first-order valence-corrected chi connectivity index (χ1v) is 11.6. The zero-order chi connectivity index (χ0) is 24.1. The van der Waals surface area contributed by atoms with Crippen LogP contribution in [-0.4, -0.2) is 73.0 Å². The first-order chi connectivity index (χ1) is 14.9. The van der Waals surface area contributed by atoms with Crippen molar-refractivity contribution < 1.29 is 32.6 Å². The lowest BCUT2D eigenvalue weighted by Crippen LogP contribution is -2.55. The van der Waals surface area contributed by atoms with E-state index in [1.165, 1.54) is 20.9 Å². The fourth-order valence-electron chi connectivity index (χ4n) is 2.96. The summed E-state index contributed by atoms with van der Waals surface area (Å²) in [5, 5.41) is 26.4. The Hall–Kier alpha value is -2.96. The van der Waals surface area contributed by atoms with Crippen LogP contribution in [0, 0.1) is 0 Å². The van der Waals surface area contributed by atoms with Gasteiger partial charge in [0.05, 0.1) is 18.3 Å². The van der Waals surface area contributed by atoms with Gasteiger partial charge in [0.2, 0.25) is 15.9 Å². The number of benzene rings is 1. The monoisotopic (exact) mass is 468 g/mol. The number of aromatic nitrogens is 1. The number of anilines is 1. The molecule has 176 valence electrons. The summed E-state index contributed by atoms with van der Waals surface area (Å²) < 4.78 is 29.1. The van der Waals surface area contributed by atoms with Gasteiger partial charge in [0, 0.05) is 14.0 Å². The van der Waals surface area contributed by atoms with E-state index in [-0.39, 0.29) is 24.0 Å². The maximum atomic E-state index is 12.7. The number of oxazole rings is 1. The van der Waals surface area contributed by atoms with E-state index in [1.807, 2.05) is 6.07 Å². The summed E-state index contributed by atoms with van der Waals surface area (Å²) in [6.07, 6.45) is -0.690. The number of sulfonamides is 1. The second-order valence-electron chi connectivity index (χ2n) is 7.49. The number of aliphatic hydroxyl groups excluding tert-OH is 2. The molecule has 0 aliphatic rings. The van der Waals surface area contributed by atoms with Crippen molar-refractivity contribution in [1.29, 1.82) is 0 Å². The maximum Gasteiger partial charge on any atom is 0.311 e. The van der Waals surface area contributed by atoms with Gasteiger partial charge in [0.25, 0.3) is 5.91 Å². The van der Waals surface area contributed by atoms with E-state index in [0.717, 1.165) is 22.4 Å². The quantitative estimate of drug-likeness (QED) is 0.368. The molecule has 0 spiro atoms. The van der Waals surface area contributed by atoms with Crippen LogP contribution in [0.5, 0.6) is 0 Å². The van der Waals surface area contributed by atoms with E-state index in [9.17, 15) is 28.2 Å². The maximum absolute atomic E-state index is 12.7. The average Bonchev–Trinajstić information content (AvgIpc) is 3.21. The van der Waals surface area contributed by atoms with Crippen LogP contribution in [0.2, 0.25) is 0 Å². The minimum Gasteiger partial charge on any atom is -0.430 e. The number of hydrogen-bond acceptors (Lipinski definition) is 8. The van der Waals surface area contributed by atoms with Gasteiger partial charge >= 0.3 is 6.01 Å². The molecule has 32 heavy (non-hydrogen) atoms. The van der Waals surface area contributed by atoms with Crippen molar-refractivity contribution in [1.82, 2.24) is 15.6 Å². The van der Waals surface area contributed by atoms with Crippen LogP contribution in [0.3, 0.4) is 0 Å². The van der Waals surface area contributed by atoms with Crippen LogP contribution >= 0.6 is 0 Å². The second-order valence-corrected chi connectivity index (χ2v) is 9.50. The van der Waals surface area contributed by atoms with Crippen molar-refractivity contribution in [2.45, 2.75) is 44.6 Å². The van der Waals surface area contributed by atoms with E-state index < -0.39 is 40.2 Å². The number of nitrogens with zero attached hydrogens (tertiary/aromatic N) is 2. The molecule has 2 aromatic rings. The Balaban J connectivity index is 2.23. The van der Waals surface area contributed by atoms with Crippen LogP contribution in [0.4, 0.5) is 6.01 Å². The number of carbonyl (C=O) groups excluding carboxylic acids is 2. The summed E-state index contributed by atoms with van der Waals surface area (Å²) in [7, 11) is -2.41. The van der Waals surface area contributed by atoms with Crippen LogP contribution in [0.1, 0.15) is 29.9 Å². The van der Waals surface area contributed by atoms with Crippen molar-refractivity contribution in [3.05, 3.63) is 47.9 Å². The third kappa shape index (κ3) is 6.77. The van der Waals surface area contributed by atoms with Gasteiger partial charge < -0.3 is 25.3 Å². The molecule has 0 aliphatic carbocycles. The van der Waals surface area contributed by atoms with Gasteiger partial charge in [-0.2, -0.15) is 4.98 Å². The Morgan fingerprint density at radius 3 is 2.34 bits per heavy atom. The Morgan fingerprint density at radius 1 is 1.16 bits per heavy atom. The molecule has 0 saturated heterocycles. The van der Waals surface area contributed by atoms with E-state index in [1.54, 1.807) is 24.3 Å². The molecular weight excluding hydrogens is 440 g/mol. The fourth-order valence-corrected chi connectivity index (χ4v) is 3.33. The van der Waals surface area contributed by atoms with Gasteiger partial charge in [0.1, 0.15) is 18.5 Å². The van der Waals surface area contributed by atoms with Crippen molar-refractivity contribution in [2.75, 3.05) is 17.6 Å². The summed E-state index contributed by atoms with van der Waals surface area (Å²) in [4.78, 5) is 27.9. The van der Waals surface area contributed by atoms with Gasteiger partial charge in [-0.05, 0) is 18.9 Å². The van der Waals surface area contributed by atoms with Crippen LogP contribution in [0.15, 0.2) is 41.0 Å². The molecule has 0 bridgehead atoms. The van der Waals surface area contributed by atoms with Crippen molar-refractivity contribution >= 4 is 27.9 Å². The smallest absolute Gasteiger partial charge is 0.311 e. The molecule has 1 aromatic heterocycles. The molecule has 12 heteroatoms. The zero-order valence-corrected chi connectivity index (χ0v) is 19.0. The molecular formula is C20H28N4O7S. The second kappa shape index (κ2) is 10.6. The Bertz CT molecular complexity index is 1030. The lowest BCUT2D eigenvalue weighted by atomic mass is 9.94. The highest BCUT2D eigenvalue weighted by Crippen LogP contribution is 2.16. The van der Waals surface area contributed by atoms with Crippen molar-refractivity contribution in [2.24, 2.45) is 0 Å². The third-order valence-corrected chi connectivity index (χ3v) is 5.96. The van der Waals surface area contributed by atoms with Crippen LogP contribution < -0.4 is 14.9 Å². The topological polar surface area (TPSA) is 162 Å². The largest absolute Gasteiger partial charge is 0.430 e. The highest BCUT2D eigenvalue weighted by atomic mass is 32.2. The number of amides is 2. The van der Waals surface area contributed by atoms with Gasteiger partial charge in [-0.3, -0.25) is 9.59 Å². The van der Waals surface area contributed by atoms with Crippen LogP contribution in [0.25, 0.3) is 0 Å². The lowest BCUT2D eigenvalue weighted by molar-refractivity contribution is -0.121. The summed E-state index contributed by atoms with van der Waals surface area (Å²) in [5.41, 5.74) is 0.582. The molecule has 11 nitrogen and oxygen atoms in total. The van der Waals surface area contributed by atoms with E-state index in [0.29, 0.717) is 0 Å². The number of aliphatic hydroxyl groups is 2. The fraction of sp³-hybridized carbons (Fsp3) is 0.450. The van der Waals surface area contributed by atoms with E-state index in [2.05, 4.69) is 15.6 Å². The number of nitrogens with one attached hydrogen (secondary N) is 2. The molecule has 4 atom stereocenters. The first-order valence-electron chi connectivity index (χ1n) is 9.77. The SMILES string of the molecule is CC(=O)N[C@@H](C)[C@@H](O)[C@H](O)[C@@H](Cc1ccccc1)NC(=O)c1coc(N(C)S(C)(=O)=O)n1. The van der Waals surface area contributed by atoms with E-state index >= 15 is 0 Å². The van der Waals surface area contributed by atoms with Crippen LogP contribution in [-0.2, 0) is 21.2 Å². The molecule has 4 N–H and O–H groups in total. The summed E-state index contributed by atoms with van der Waals surface area (Å²) in [6, 6.07) is 6.97. The highest BCUT2D eigenvalue weighted by Gasteiger charge is 2.32. The minimum atomic E-state index is -3.64. The van der Waals surface area contributed by atoms with Gasteiger partial charge in [0.15, 0.2) is 5.69 Å². The van der Waals surface area contributed by atoms with Crippen molar-refractivity contribution in [3.8, 4) is 0 Å².